The minimum Gasteiger partial charge on any atom is -0.326 e. The van der Waals surface area contributed by atoms with Crippen molar-refractivity contribution in [2.24, 2.45) is 5.92 Å². The van der Waals surface area contributed by atoms with Crippen LogP contribution in [0.2, 0.25) is 0 Å². The van der Waals surface area contributed by atoms with Gasteiger partial charge in [-0.15, -0.1) is 0 Å². The molecule has 0 aromatic carbocycles. The van der Waals surface area contributed by atoms with Gasteiger partial charge in [-0.2, -0.15) is 5.26 Å². The summed E-state index contributed by atoms with van der Waals surface area (Å²) in [7, 11) is 1.69. The van der Waals surface area contributed by atoms with Crippen molar-refractivity contribution < 1.29 is 4.79 Å². The number of hydrogen-bond donors (Lipinski definition) is 0. The predicted molar refractivity (Wildman–Crippen MR) is 69.4 cm³/mol. The Labute approximate surface area is 108 Å². The molecule has 0 saturated heterocycles. The highest BCUT2D eigenvalue weighted by molar-refractivity contribution is 5.79. The van der Waals surface area contributed by atoms with Gasteiger partial charge in [-0.25, -0.2) is 0 Å². The third-order valence-corrected chi connectivity index (χ3v) is 3.21. The maximum absolute atomic E-state index is 12.2. The van der Waals surface area contributed by atoms with E-state index in [9.17, 15) is 10.1 Å². The van der Waals surface area contributed by atoms with Crippen molar-refractivity contribution in [1.82, 2.24) is 9.88 Å². The first kappa shape index (κ1) is 14.2. The first-order valence-corrected chi connectivity index (χ1v) is 6.21. The van der Waals surface area contributed by atoms with Crippen LogP contribution in [0, 0.1) is 17.2 Å². The van der Waals surface area contributed by atoms with E-state index in [-0.39, 0.29) is 11.8 Å². The third kappa shape index (κ3) is 3.07. The molecular formula is C14H19N3O. The maximum Gasteiger partial charge on any atom is 0.226 e. The van der Waals surface area contributed by atoms with E-state index in [1.54, 1.807) is 31.6 Å². The SMILES string of the molecule is CCC(CC)C(=O)N(C)C(C#N)c1ccncc1. The molecule has 0 aliphatic carbocycles. The van der Waals surface area contributed by atoms with Crippen LogP contribution in [-0.2, 0) is 4.79 Å². The molecule has 0 spiro atoms. The van der Waals surface area contributed by atoms with Gasteiger partial charge in [0.1, 0.15) is 6.04 Å². The van der Waals surface area contributed by atoms with Gasteiger partial charge in [0.05, 0.1) is 6.07 Å². The number of carbonyl (C=O) groups is 1. The molecule has 0 radical (unpaired) electrons. The zero-order chi connectivity index (χ0) is 13.5. The summed E-state index contributed by atoms with van der Waals surface area (Å²) in [6.07, 6.45) is 4.87. The lowest BCUT2D eigenvalue weighted by molar-refractivity contribution is -0.135. The number of aromatic nitrogens is 1. The van der Waals surface area contributed by atoms with Gasteiger partial charge in [0.2, 0.25) is 5.91 Å². The summed E-state index contributed by atoms with van der Waals surface area (Å²) < 4.78 is 0. The van der Waals surface area contributed by atoms with Gasteiger partial charge in [0, 0.05) is 25.4 Å². The number of nitriles is 1. The predicted octanol–water partition coefficient (Wildman–Crippen LogP) is 2.54. The van der Waals surface area contributed by atoms with Crippen molar-refractivity contribution in [2.75, 3.05) is 7.05 Å². The molecule has 0 aliphatic heterocycles. The van der Waals surface area contributed by atoms with Gasteiger partial charge in [-0.3, -0.25) is 9.78 Å². The summed E-state index contributed by atoms with van der Waals surface area (Å²) in [4.78, 5) is 17.7. The Hall–Kier alpha value is -1.89. The maximum atomic E-state index is 12.2. The molecule has 1 atom stereocenters. The summed E-state index contributed by atoms with van der Waals surface area (Å²) in [6.45, 7) is 3.99. The van der Waals surface area contributed by atoms with Gasteiger partial charge in [0.15, 0.2) is 0 Å². The summed E-state index contributed by atoms with van der Waals surface area (Å²) in [5.74, 6) is 0.0241. The molecule has 1 amide bonds. The molecule has 1 heterocycles. The molecule has 1 aromatic rings. The van der Waals surface area contributed by atoms with Crippen molar-refractivity contribution in [2.45, 2.75) is 32.7 Å². The molecule has 1 rings (SSSR count). The molecule has 18 heavy (non-hydrogen) atoms. The molecule has 0 aliphatic rings. The molecule has 96 valence electrons. The van der Waals surface area contributed by atoms with Gasteiger partial charge in [-0.05, 0) is 30.5 Å². The molecule has 0 saturated carbocycles. The Morgan fingerprint density at radius 1 is 1.39 bits per heavy atom. The van der Waals surface area contributed by atoms with E-state index in [1.165, 1.54) is 4.90 Å². The number of pyridine rings is 1. The highest BCUT2D eigenvalue weighted by atomic mass is 16.2. The van der Waals surface area contributed by atoms with Crippen LogP contribution in [0.4, 0.5) is 0 Å². The Balaban J connectivity index is 2.90. The van der Waals surface area contributed by atoms with Crippen LogP contribution in [0.5, 0.6) is 0 Å². The minimum atomic E-state index is -0.541. The van der Waals surface area contributed by atoms with Crippen LogP contribution in [0.3, 0.4) is 0 Å². The topological polar surface area (TPSA) is 57.0 Å². The lowest BCUT2D eigenvalue weighted by Gasteiger charge is -2.26. The van der Waals surface area contributed by atoms with E-state index in [1.807, 2.05) is 13.8 Å². The molecule has 4 nitrogen and oxygen atoms in total. The minimum absolute atomic E-state index is 0.00677. The van der Waals surface area contributed by atoms with Gasteiger partial charge in [0.25, 0.3) is 0 Å². The summed E-state index contributed by atoms with van der Waals surface area (Å²) in [5, 5.41) is 9.26. The van der Waals surface area contributed by atoms with E-state index in [2.05, 4.69) is 11.1 Å². The molecule has 1 aromatic heterocycles. The van der Waals surface area contributed by atoms with Crippen molar-refractivity contribution in [3.63, 3.8) is 0 Å². The van der Waals surface area contributed by atoms with Crippen LogP contribution in [0.15, 0.2) is 24.5 Å². The van der Waals surface area contributed by atoms with E-state index < -0.39 is 6.04 Å². The van der Waals surface area contributed by atoms with Gasteiger partial charge < -0.3 is 4.90 Å². The molecule has 0 bridgehead atoms. The summed E-state index contributed by atoms with van der Waals surface area (Å²) in [5.41, 5.74) is 0.800. The van der Waals surface area contributed by atoms with E-state index in [0.717, 1.165) is 18.4 Å². The molecule has 0 fully saturated rings. The molecule has 1 unspecified atom stereocenters. The Morgan fingerprint density at radius 2 is 1.94 bits per heavy atom. The molecular weight excluding hydrogens is 226 g/mol. The fourth-order valence-electron chi connectivity index (χ4n) is 1.98. The number of nitrogens with zero attached hydrogens (tertiary/aromatic N) is 3. The lowest BCUT2D eigenvalue weighted by Crippen LogP contribution is -2.35. The van der Waals surface area contributed by atoms with Crippen LogP contribution >= 0.6 is 0 Å². The zero-order valence-corrected chi connectivity index (χ0v) is 11.1. The number of carbonyl (C=O) groups excluding carboxylic acids is 1. The van der Waals surface area contributed by atoms with Crippen molar-refractivity contribution in [3.05, 3.63) is 30.1 Å². The first-order valence-electron chi connectivity index (χ1n) is 6.21. The van der Waals surface area contributed by atoms with Crippen molar-refractivity contribution >= 4 is 5.91 Å². The quantitative estimate of drug-likeness (QED) is 0.801. The van der Waals surface area contributed by atoms with Crippen LogP contribution in [0.25, 0.3) is 0 Å². The second-order valence-corrected chi connectivity index (χ2v) is 4.27. The first-order chi connectivity index (χ1) is 8.65. The van der Waals surface area contributed by atoms with Crippen LogP contribution in [0.1, 0.15) is 38.3 Å². The normalized spacial score (nSPS) is 11.9. The Kier molecular flexibility index (Phi) is 5.31. The highest BCUT2D eigenvalue weighted by Crippen LogP contribution is 2.21. The summed E-state index contributed by atoms with van der Waals surface area (Å²) in [6, 6.07) is 5.18. The van der Waals surface area contributed by atoms with Gasteiger partial charge >= 0.3 is 0 Å². The second kappa shape index (κ2) is 6.75. The summed E-state index contributed by atoms with van der Waals surface area (Å²) >= 11 is 0. The Morgan fingerprint density at radius 3 is 2.39 bits per heavy atom. The van der Waals surface area contributed by atoms with E-state index in [4.69, 9.17) is 0 Å². The highest BCUT2D eigenvalue weighted by Gasteiger charge is 2.25. The number of amides is 1. The van der Waals surface area contributed by atoms with E-state index >= 15 is 0 Å². The zero-order valence-electron chi connectivity index (χ0n) is 11.1. The Bertz CT molecular complexity index is 420. The van der Waals surface area contributed by atoms with Crippen LogP contribution < -0.4 is 0 Å². The van der Waals surface area contributed by atoms with E-state index in [0.29, 0.717) is 0 Å². The average molecular weight is 245 g/mol. The third-order valence-electron chi connectivity index (χ3n) is 3.21. The molecule has 4 heteroatoms. The second-order valence-electron chi connectivity index (χ2n) is 4.27. The van der Waals surface area contributed by atoms with Crippen LogP contribution in [-0.4, -0.2) is 22.8 Å². The van der Waals surface area contributed by atoms with Crippen molar-refractivity contribution in [3.8, 4) is 6.07 Å². The number of rotatable bonds is 5. The largest absolute Gasteiger partial charge is 0.326 e. The molecule has 0 N–H and O–H groups in total. The monoisotopic (exact) mass is 245 g/mol. The fraction of sp³-hybridized carbons (Fsp3) is 0.500. The van der Waals surface area contributed by atoms with Crippen molar-refractivity contribution in [1.29, 1.82) is 5.26 Å². The lowest BCUT2D eigenvalue weighted by atomic mass is 10.00. The smallest absolute Gasteiger partial charge is 0.226 e. The fourth-order valence-corrected chi connectivity index (χ4v) is 1.98. The van der Waals surface area contributed by atoms with Gasteiger partial charge in [-0.1, -0.05) is 13.8 Å². The standard InChI is InChI=1S/C14H19N3O/c1-4-11(5-2)14(18)17(3)13(10-15)12-6-8-16-9-7-12/h6-9,11,13H,4-5H2,1-3H3. The average Bonchev–Trinajstić information content (AvgIpc) is 2.42. The number of hydrogen-bond acceptors (Lipinski definition) is 3.